The van der Waals surface area contributed by atoms with E-state index in [0.717, 1.165) is 0 Å². The van der Waals surface area contributed by atoms with Crippen LogP contribution in [0.3, 0.4) is 0 Å². The smallest absolute Gasteiger partial charge is 0.0169 e. The van der Waals surface area contributed by atoms with Crippen LogP contribution in [0.5, 0.6) is 0 Å². The molecular formula is C19H22S. The Morgan fingerprint density at radius 2 is 1.65 bits per heavy atom. The first-order valence-corrected chi connectivity index (χ1v) is 8.14. The molecule has 1 heteroatoms. The lowest BCUT2D eigenvalue weighted by molar-refractivity contribution is 0.605. The average Bonchev–Trinajstić information content (AvgIpc) is 2.39. The van der Waals surface area contributed by atoms with E-state index in [9.17, 15) is 0 Å². The first kappa shape index (κ1) is 13.8. The molecule has 0 bridgehead atoms. The van der Waals surface area contributed by atoms with Crippen LogP contribution < -0.4 is 0 Å². The van der Waals surface area contributed by atoms with E-state index in [1.165, 1.54) is 32.0 Å². The molecule has 0 N–H and O–H groups in total. The minimum Gasteiger partial charge on any atom is -0.0894 e. The minimum absolute atomic E-state index is 0.0947. The highest BCUT2D eigenvalue weighted by atomic mass is 32.2. The van der Waals surface area contributed by atoms with Gasteiger partial charge in [0.25, 0.3) is 0 Å². The first-order valence-electron chi connectivity index (χ1n) is 7.33. The Kier molecular flexibility index (Phi) is 3.21. The lowest BCUT2D eigenvalue weighted by Gasteiger charge is -2.35. The van der Waals surface area contributed by atoms with Crippen molar-refractivity contribution in [3.05, 3.63) is 58.7 Å². The van der Waals surface area contributed by atoms with Crippen molar-refractivity contribution in [2.24, 2.45) is 0 Å². The second-order valence-corrected chi connectivity index (χ2v) is 7.72. The molecule has 20 heavy (non-hydrogen) atoms. The normalized spacial score (nSPS) is 15.9. The molecule has 0 radical (unpaired) electrons. The van der Waals surface area contributed by atoms with Crippen molar-refractivity contribution in [1.82, 2.24) is 0 Å². The van der Waals surface area contributed by atoms with Crippen molar-refractivity contribution in [3.8, 4) is 0 Å². The van der Waals surface area contributed by atoms with Crippen LogP contribution >= 0.6 is 11.8 Å². The zero-order valence-corrected chi connectivity index (χ0v) is 13.8. The first-order chi connectivity index (χ1) is 9.39. The molecule has 0 unspecified atom stereocenters. The fourth-order valence-electron chi connectivity index (χ4n) is 2.98. The van der Waals surface area contributed by atoms with E-state index < -0.39 is 0 Å². The SMILES string of the molecule is Cc1ccc2c(c1)C(C)(C)c1ccc(C(C)C)cc1S2. The molecule has 0 atom stereocenters. The van der Waals surface area contributed by atoms with Crippen LogP contribution in [0.1, 0.15) is 55.9 Å². The summed E-state index contributed by atoms with van der Waals surface area (Å²) in [6, 6.07) is 13.9. The zero-order chi connectivity index (χ0) is 14.5. The van der Waals surface area contributed by atoms with Crippen LogP contribution in [0, 0.1) is 6.92 Å². The summed E-state index contributed by atoms with van der Waals surface area (Å²) in [5.41, 5.74) is 5.80. The van der Waals surface area contributed by atoms with Gasteiger partial charge in [0.2, 0.25) is 0 Å². The second kappa shape index (κ2) is 4.66. The van der Waals surface area contributed by atoms with Crippen LogP contribution in [-0.4, -0.2) is 0 Å². The third kappa shape index (κ3) is 2.09. The Morgan fingerprint density at radius 3 is 2.35 bits per heavy atom. The molecule has 2 aromatic carbocycles. The Hall–Kier alpha value is -1.21. The van der Waals surface area contributed by atoms with Gasteiger partial charge in [-0.2, -0.15) is 0 Å². The molecule has 1 aliphatic heterocycles. The molecule has 0 saturated heterocycles. The van der Waals surface area contributed by atoms with Gasteiger partial charge >= 0.3 is 0 Å². The van der Waals surface area contributed by atoms with Crippen molar-refractivity contribution in [3.63, 3.8) is 0 Å². The van der Waals surface area contributed by atoms with Gasteiger partial charge in [-0.25, -0.2) is 0 Å². The third-order valence-corrected chi connectivity index (χ3v) is 5.51. The molecule has 0 spiro atoms. The van der Waals surface area contributed by atoms with Gasteiger partial charge in [-0.1, -0.05) is 69.3 Å². The van der Waals surface area contributed by atoms with Gasteiger partial charge in [0, 0.05) is 15.2 Å². The highest BCUT2D eigenvalue weighted by Crippen LogP contribution is 2.49. The van der Waals surface area contributed by atoms with Crippen LogP contribution in [0.2, 0.25) is 0 Å². The molecule has 3 rings (SSSR count). The Morgan fingerprint density at radius 1 is 0.900 bits per heavy atom. The van der Waals surface area contributed by atoms with Gasteiger partial charge in [-0.05, 0) is 41.7 Å². The molecular weight excluding hydrogens is 260 g/mol. The molecule has 0 amide bonds. The molecule has 0 saturated carbocycles. The molecule has 2 aromatic rings. The summed E-state index contributed by atoms with van der Waals surface area (Å²) in [7, 11) is 0. The molecule has 0 fully saturated rings. The summed E-state index contributed by atoms with van der Waals surface area (Å²) in [5.74, 6) is 0.587. The topological polar surface area (TPSA) is 0 Å². The predicted molar refractivity (Wildman–Crippen MR) is 88.0 cm³/mol. The van der Waals surface area contributed by atoms with Crippen molar-refractivity contribution < 1.29 is 0 Å². The van der Waals surface area contributed by atoms with Crippen molar-refractivity contribution in [2.75, 3.05) is 0 Å². The highest BCUT2D eigenvalue weighted by molar-refractivity contribution is 7.99. The van der Waals surface area contributed by atoms with Gasteiger partial charge in [0.1, 0.15) is 0 Å². The van der Waals surface area contributed by atoms with Gasteiger partial charge < -0.3 is 0 Å². The van der Waals surface area contributed by atoms with Gasteiger partial charge in [-0.3, -0.25) is 0 Å². The van der Waals surface area contributed by atoms with Crippen molar-refractivity contribution in [2.45, 2.75) is 55.7 Å². The van der Waals surface area contributed by atoms with Crippen LogP contribution in [0.25, 0.3) is 0 Å². The standard InChI is InChI=1S/C19H22S/c1-12(2)14-7-8-15-18(11-14)20-17-9-6-13(3)10-16(17)19(15,4)5/h6-12H,1-5H3. The number of fused-ring (bicyclic) bond motifs is 2. The van der Waals surface area contributed by atoms with Crippen molar-refractivity contribution in [1.29, 1.82) is 0 Å². The lowest BCUT2D eigenvalue weighted by Crippen LogP contribution is -2.24. The van der Waals surface area contributed by atoms with E-state index in [4.69, 9.17) is 0 Å². The maximum atomic E-state index is 2.38. The van der Waals surface area contributed by atoms with E-state index in [1.54, 1.807) is 0 Å². The number of rotatable bonds is 1. The number of benzene rings is 2. The summed E-state index contributed by atoms with van der Waals surface area (Å²) < 4.78 is 0. The zero-order valence-electron chi connectivity index (χ0n) is 12.9. The third-order valence-electron chi connectivity index (χ3n) is 4.37. The maximum absolute atomic E-state index is 2.38. The quantitative estimate of drug-likeness (QED) is 0.626. The monoisotopic (exact) mass is 282 g/mol. The highest BCUT2D eigenvalue weighted by Gasteiger charge is 2.33. The summed E-state index contributed by atoms with van der Waals surface area (Å²) >= 11 is 1.93. The summed E-state index contributed by atoms with van der Waals surface area (Å²) in [6.07, 6.45) is 0. The fourth-order valence-corrected chi connectivity index (χ4v) is 4.41. The van der Waals surface area contributed by atoms with Gasteiger partial charge in [-0.15, -0.1) is 0 Å². The van der Waals surface area contributed by atoms with Crippen LogP contribution in [0.4, 0.5) is 0 Å². The molecule has 0 aliphatic carbocycles. The summed E-state index contributed by atoms with van der Waals surface area (Å²) in [4.78, 5) is 2.84. The van der Waals surface area contributed by atoms with E-state index in [1.807, 2.05) is 11.8 Å². The van der Waals surface area contributed by atoms with Crippen LogP contribution in [0.15, 0.2) is 46.2 Å². The maximum Gasteiger partial charge on any atom is 0.0169 e. The van der Waals surface area contributed by atoms with E-state index in [2.05, 4.69) is 71.0 Å². The van der Waals surface area contributed by atoms with Crippen molar-refractivity contribution >= 4 is 11.8 Å². The molecule has 0 aromatic heterocycles. The van der Waals surface area contributed by atoms with Crippen LogP contribution in [-0.2, 0) is 5.41 Å². The van der Waals surface area contributed by atoms with E-state index in [0.29, 0.717) is 5.92 Å². The molecule has 104 valence electrons. The van der Waals surface area contributed by atoms with E-state index in [-0.39, 0.29) is 5.41 Å². The van der Waals surface area contributed by atoms with Gasteiger partial charge in [0.05, 0.1) is 0 Å². The molecule has 0 nitrogen and oxygen atoms in total. The van der Waals surface area contributed by atoms with Gasteiger partial charge in [0.15, 0.2) is 0 Å². The minimum atomic E-state index is 0.0947. The summed E-state index contributed by atoms with van der Waals surface area (Å²) in [6.45, 7) is 11.4. The number of aryl methyl sites for hydroxylation is 1. The largest absolute Gasteiger partial charge is 0.0894 e. The summed E-state index contributed by atoms with van der Waals surface area (Å²) in [5, 5.41) is 0. The predicted octanol–water partition coefficient (Wildman–Crippen LogP) is 5.91. The Labute approximate surface area is 126 Å². The Bertz CT molecular complexity index is 665. The lowest BCUT2D eigenvalue weighted by atomic mass is 9.76. The fraction of sp³-hybridized carbons (Fsp3) is 0.368. The average molecular weight is 282 g/mol. The number of hydrogen-bond donors (Lipinski definition) is 0. The number of hydrogen-bond acceptors (Lipinski definition) is 1. The van der Waals surface area contributed by atoms with E-state index >= 15 is 0 Å². The molecule has 1 heterocycles. The Balaban J connectivity index is 2.18. The molecule has 1 aliphatic rings. The second-order valence-electron chi connectivity index (χ2n) is 6.64.